The molecule has 2 atom stereocenters. The fraction of sp³-hybridized carbons (Fsp3) is 0.583. The Morgan fingerprint density at radius 2 is 2.28 bits per heavy atom. The number of amides is 1. The molecule has 0 saturated carbocycles. The lowest BCUT2D eigenvalue weighted by molar-refractivity contribution is -0.143. The average molecular weight is 252 g/mol. The molecule has 1 saturated heterocycles. The number of aromatic nitrogens is 1. The summed E-state index contributed by atoms with van der Waals surface area (Å²) in [6.07, 6.45) is 2.21. The molecular formula is C12H16N2O4. The van der Waals surface area contributed by atoms with Crippen molar-refractivity contribution in [3.63, 3.8) is 0 Å². The predicted molar refractivity (Wildman–Crippen MR) is 62.1 cm³/mol. The van der Waals surface area contributed by atoms with Crippen LogP contribution >= 0.6 is 0 Å². The highest BCUT2D eigenvalue weighted by atomic mass is 16.4. The zero-order chi connectivity index (χ0) is 13.3. The van der Waals surface area contributed by atoms with Crippen LogP contribution < -0.4 is 0 Å². The molecule has 1 aromatic heterocycles. The first kappa shape index (κ1) is 12.6. The van der Waals surface area contributed by atoms with E-state index in [1.807, 2.05) is 6.92 Å². The minimum Gasteiger partial charge on any atom is -0.481 e. The highest BCUT2D eigenvalue weighted by Crippen LogP contribution is 2.25. The van der Waals surface area contributed by atoms with Gasteiger partial charge < -0.3 is 14.4 Å². The van der Waals surface area contributed by atoms with Crippen LogP contribution in [0.3, 0.4) is 0 Å². The molecule has 1 fully saturated rings. The van der Waals surface area contributed by atoms with Crippen molar-refractivity contribution in [1.82, 2.24) is 9.88 Å². The molecule has 1 amide bonds. The molecule has 2 rings (SSSR count). The van der Waals surface area contributed by atoms with E-state index in [4.69, 9.17) is 9.52 Å². The van der Waals surface area contributed by atoms with Crippen LogP contribution in [-0.2, 0) is 4.79 Å². The molecule has 18 heavy (non-hydrogen) atoms. The van der Waals surface area contributed by atoms with Crippen molar-refractivity contribution in [3.8, 4) is 0 Å². The lowest BCUT2D eigenvalue weighted by Gasteiger charge is -2.35. The van der Waals surface area contributed by atoms with Crippen molar-refractivity contribution in [2.45, 2.75) is 32.7 Å². The Labute approximate surface area is 105 Å². The van der Waals surface area contributed by atoms with E-state index in [1.165, 1.54) is 6.39 Å². The Morgan fingerprint density at radius 3 is 2.78 bits per heavy atom. The van der Waals surface area contributed by atoms with Gasteiger partial charge in [0.25, 0.3) is 5.91 Å². The molecule has 1 aromatic rings. The van der Waals surface area contributed by atoms with Gasteiger partial charge in [-0.3, -0.25) is 9.59 Å². The minimum atomic E-state index is -0.787. The lowest BCUT2D eigenvalue weighted by atomic mass is 9.91. The Hall–Kier alpha value is -1.85. The molecule has 1 aliphatic heterocycles. The van der Waals surface area contributed by atoms with Crippen molar-refractivity contribution in [2.24, 2.45) is 5.92 Å². The summed E-state index contributed by atoms with van der Waals surface area (Å²) in [6, 6.07) is -0.100. The minimum absolute atomic E-state index is 0.100. The first-order valence-corrected chi connectivity index (χ1v) is 5.94. The molecule has 0 radical (unpaired) electrons. The second-order valence-electron chi connectivity index (χ2n) is 4.67. The average Bonchev–Trinajstić information content (AvgIpc) is 2.74. The van der Waals surface area contributed by atoms with Gasteiger partial charge in [-0.05, 0) is 26.7 Å². The molecular weight excluding hydrogens is 236 g/mol. The number of likely N-dealkylation sites (tertiary alicyclic amines) is 1. The Morgan fingerprint density at radius 1 is 1.56 bits per heavy atom. The summed E-state index contributed by atoms with van der Waals surface area (Å²) in [4.78, 5) is 28.7. The summed E-state index contributed by atoms with van der Waals surface area (Å²) >= 11 is 0. The highest BCUT2D eigenvalue weighted by Gasteiger charge is 2.34. The number of carboxylic acid groups (broad SMARTS) is 1. The maximum Gasteiger partial charge on any atom is 0.306 e. The molecule has 2 unspecified atom stereocenters. The van der Waals surface area contributed by atoms with E-state index in [2.05, 4.69) is 4.98 Å². The first-order chi connectivity index (χ1) is 8.50. The Kier molecular flexibility index (Phi) is 3.36. The monoisotopic (exact) mass is 252 g/mol. The molecule has 0 aliphatic carbocycles. The molecule has 6 heteroatoms. The molecule has 6 nitrogen and oxygen atoms in total. The summed E-state index contributed by atoms with van der Waals surface area (Å²) in [6.45, 7) is 4.02. The van der Waals surface area contributed by atoms with Gasteiger partial charge >= 0.3 is 5.97 Å². The van der Waals surface area contributed by atoms with Crippen LogP contribution in [0, 0.1) is 12.8 Å². The Balaban J connectivity index is 2.10. The quantitative estimate of drug-likeness (QED) is 0.857. The maximum atomic E-state index is 12.2. The van der Waals surface area contributed by atoms with Gasteiger partial charge in [0.1, 0.15) is 0 Å². The van der Waals surface area contributed by atoms with Gasteiger partial charge in [0, 0.05) is 12.6 Å². The van der Waals surface area contributed by atoms with Crippen LogP contribution in [0.15, 0.2) is 10.8 Å². The fourth-order valence-corrected chi connectivity index (χ4v) is 2.34. The number of carbonyl (C=O) groups is 2. The van der Waals surface area contributed by atoms with Crippen LogP contribution in [0.4, 0.5) is 0 Å². The van der Waals surface area contributed by atoms with Crippen LogP contribution in [0.5, 0.6) is 0 Å². The van der Waals surface area contributed by atoms with Gasteiger partial charge in [0.05, 0.1) is 11.6 Å². The predicted octanol–water partition coefficient (Wildman–Crippen LogP) is 1.31. The van der Waals surface area contributed by atoms with E-state index in [0.717, 1.165) is 0 Å². The molecule has 98 valence electrons. The number of hydrogen-bond acceptors (Lipinski definition) is 4. The third kappa shape index (κ3) is 2.23. The molecule has 2 heterocycles. The van der Waals surface area contributed by atoms with Gasteiger partial charge in [0.15, 0.2) is 6.39 Å². The topological polar surface area (TPSA) is 83.6 Å². The van der Waals surface area contributed by atoms with Crippen LogP contribution in [0.1, 0.15) is 36.0 Å². The lowest BCUT2D eigenvalue weighted by Crippen LogP contribution is -2.46. The number of aryl methyl sites for hydroxylation is 1. The summed E-state index contributed by atoms with van der Waals surface area (Å²) in [5, 5.41) is 8.98. The van der Waals surface area contributed by atoms with Crippen molar-refractivity contribution >= 4 is 11.9 Å². The Bertz CT molecular complexity index is 468. The molecule has 1 N–H and O–H groups in total. The zero-order valence-electron chi connectivity index (χ0n) is 10.4. The molecule has 0 bridgehead atoms. The van der Waals surface area contributed by atoms with E-state index in [-0.39, 0.29) is 23.6 Å². The van der Waals surface area contributed by atoms with Crippen LogP contribution in [0.25, 0.3) is 0 Å². The van der Waals surface area contributed by atoms with E-state index >= 15 is 0 Å². The van der Waals surface area contributed by atoms with Crippen molar-refractivity contribution in [2.75, 3.05) is 6.54 Å². The van der Waals surface area contributed by atoms with Gasteiger partial charge in [-0.25, -0.2) is 4.98 Å². The number of piperidine rings is 1. The molecule has 0 spiro atoms. The standard InChI is InChI=1S/C12H16N2O4/c1-7-5-9(12(16)17)3-4-14(7)11(15)10-8(2)13-6-18-10/h6-7,9H,3-5H2,1-2H3,(H,16,17). The number of carboxylic acids is 1. The SMILES string of the molecule is Cc1ncoc1C(=O)N1CCC(C(=O)O)CC1C. The van der Waals surface area contributed by atoms with Gasteiger partial charge in [-0.1, -0.05) is 0 Å². The van der Waals surface area contributed by atoms with Crippen molar-refractivity contribution in [1.29, 1.82) is 0 Å². The maximum absolute atomic E-state index is 12.2. The van der Waals surface area contributed by atoms with Gasteiger partial charge in [0.2, 0.25) is 5.76 Å². The van der Waals surface area contributed by atoms with Crippen LogP contribution in [0.2, 0.25) is 0 Å². The number of hydrogen-bond donors (Lipinski definition) is 1. The number of oxazole rings is 1. The summed E-state index contributed by atoms with van der Waals surface area (Å²) in [7, 11) is 0. The van der Waals surface area contributed by atoms with Crippen LogP contribution in [-0.4, -0.2) is 39.5 Å². The number of aliphatic carboxylic acids is 1. The summed E-state index contributed by atoms with van der Waals surface area (Å²) < 4.78 is 5.08. The molecule has 0 aromatic carbocycles. The van der Waals surface area contributed by atoms with E-state index < -0.39 is 5.97 Å². The number of nitrogens with zero attached hydrogens (tertiary/aromatic N) is 2. The van der Waals surface area contributed by atoms with Gasteiger partial charge in [-0.15, -0.1) is 0 Å². The smallest absolute Gasteiger partial charge is 0.306 e. The number of rotatable bonds is 2. The fourth-order valence-electron chi connectivity index (χ4n) is 2.34. The van der Waals surface area contributed by atoms with E-state index in [0.29, 0.717) is 25.1 Å². The zero-order valence-corrected chi connectivity index (χ0v) is 10.4. The third-order valence-electron chi connectivity index (χ3n) is 3.43. The third-order valence-corrected chi connectivity index (χ3v) is 3.43. The van der Waals surface area contributed by atoms with E-state index in [1.54, 1.807) is 11.8 Å². The summed E-state index contributed by atoms with van der Waals surface area (Å²) in [5.74, 6) is -1.11. The van der Waals surface area contributed by atoms with E-state index in [9.17, 15) is 9.59 Å². The van der Waals surface area contributed by atoms with Crippen molar-refractivity contribution < 1.29 is 19.1 Å². The largest absolute Gasteiger partial charge is 0.481 e. The second kappa shape index (κ2) is 4.80. The summed E-state index contributed by atoms with van der Waals surface area (Å²) in [5.41, 5.74) is 0.563. The second-order valence-corrected chi connectivity index (χ2v) is 4.67. The van der Waals surface area contributed by atoms with Gasteiger partial charge in [-0.2, -0.15) is 0 Å². The first-order valence-electron chi connectivity index (χ1n) is 5.94. The number of carbonyl (C=O) groups excluding carboxylic acids is 1. The van der Waals surface area contributed by atoms with Crippen molar-refractivity contribution in [3.05, 3.63) is 17.8 Å². The highest BCUT2D eigenvalue weighted by molar-refractivity contribution is 5.92. The normalized spacial score (nSPS) is 24.0. The molecule has 1 aliphatic rings.